The Bertz CT molecular complexity index is 42.3. The Balaban J connectivity index is -0.00000000750. The minimum absolute atomic E-state index is 0. The molecule has 43 valence electrons. The summed E-state index contributed by atoms with van der Waals surface area (Å²) in [6.45, 7) is 0. The van der Waals surface area contributed by atoms with Crippen LogP contribution in [-0.2, 0) is 26.8 Å². The summed E-state index contributed by atoms with van der Waals surface area (Å²) in [5, 5.41) is 0. The Hall–Kier alpha value is 1.89. The molecule has 0 aromatic heterocycles. The quantitative estimate of drug-likeness (QED) is 0.415. The summed E-state index contributed by atoms with van der Waals surface area (Å²) in [4.78, 5) is 14.3. The second-order valence-corrected chi connectivity index (χ2v) is 0.848. The van der Waals surface area contributed by atoms with E-state index in [4.69, 9.17) is 14.1 Å². The normalized spacial score (nSPS) is 3.43. The third-order valence-corrected chi connectivity index (χ3v) is 0. The molecule has 1 radical (unpaired) electrons. The molecular weight excluding hydrogens is 234 g/mol. The van der Waals surface area contributed by atoms with Gasteiger partial charge in [0.15, 0.2) is 17.4 Å². The third kappa shape index (κ3) is 76.6. The van der Waals surface area contributed by atoms with Crippen LogP contribution < -0.4 is 29.6 Å². The molecule has 0 heterocycles. The zero-order valence-electron chi connectivity index (χ0n) is 4.10. The van der Waals surface area contributed by atoms with Crippen LogP contribution in [0.15, 0.2) is 0 Å². The van der Waals surface area contributed by atoms with Gasteiger partial charge in [0.2, 0.25) is 0 Å². The van der Waals surface area contributed by atoms with Gasteiger partial charge >= 0.3 is 38.7 Å². The smallest absolute Gasteiger partial charge is 1.00 e. The maximum atomic E-state index is 8.74. The summed E-state index contributed by atoms with van der Waals surface area (Å²) >= 11 is 0. The van der Waals surface area contributed by atoms with Crippen molar-refractivity contribution in [2.24, 2.45) is 0 Å². The average molecular weight is 240 g/mol. The molecule has 0 aromatic rings. The van der Waals surface area contributed by atoms with E-state index in [9.17, 15) is 0 Å². The maximum absolute atomic E-state index is 8.74. The monoisotopic (exact) mass is 239 g/mol. The zero-order valence-corrected chi connectivity index (χ0v) is 7.59. The molecule has 0 bridgehead atoms. The van der Waals surface area contributed by atoms with Crippen LogP contribution in [0.25, 0.3) is 0 Å². The topological polar surface area (TPSA) is 57.5 Å². The molecule has 0 amide bonds. The van der Waals surface area contributed by atoms with Gasteiger partial charge in [0.05, 0.1) is 0 Å². The molecule has 0 aliphatic heterocycles. The van der Waals surface area contributed by atoms with E-state index in [-0.39, 0.29) is 70.7 Å². The molecule has 3 nitrogen and oxygen atoms in total. The molecule has 0 saturated heterocycles. The van der Waals surface area contributed by atoms with Gasteiger partial charge in [-0.05, 0) is 0 Å². The molecule has 0 atom stereocenters. The largest absolute Gasteiger partial charge is 1.00 e. The van der Waals surface area contributed by atoms with E-state index in [2.05, 4.69) is 0 Å². The van der Waals surface area contributed by atoms with Crippen LogP contribution in [0.5, 0.6) is 0 Å². The summed E-state index contributed by atoms with van der Waals surface area (Å²) in [6, 6.07) is 0. The fourth-order valence-electron chi connectivity index (χ4n) is 0. The van der Waals surface area contributed by atoms with E-state index in [1.165, 1.54) is 0 Å². The molecule has 0 aromatic carbocycles. The van der Waals surface area contributed by atoms with E-state index in [0.717, 1.165) is 0 Å². The average Bonchev–Trinajstić information content (AvgIpc) is 0.811. The van der Waals surface area contributed by atoms with Gasteiger partial charge in [0.25, 0.3) is 0 Å². The number of rotatable bonds is 0. The molecule has 7 heavy (non-hydrogen) atoms. The predicted octanol–water partition coefficient (Wildman–Crippen LogP) is -5.68. The van der Waals surface area contributed by atoms with Crippen molar-refractivity contribution in [2.75, 3.05) is 0 Å². The minimum Gasteiger partial charge on any atom is -1.00 e. The Kier molecular flexibility index (Phi) is 51.8. The summed E-state index contributed by atoms with van der Waals surface area (Å²) in [6.07, 6.45) is 0. The molecule has 0 unspecified atom stereocenters. The second kappa shape index (κ2) is 15.7. The van der Waals surface area contributed by atoms with Gasteiger partial charge in [-0.25, -0.2) is 0 Å². The van der Waals surface area contributed by atoms with Crippen molar-refractivity contribution in [2.45, 2.75) is 0 Å². The van der Waals surface area contributed by atoms with Gasteiger partial charge in [-0.1, -0.05) is 0 Å². The van der Waals surface area contributed by atoms with Crippen LogP contribution in [-0.4, -0.2) is 36.1 Å². The molecule has 0 aliphatic carbocycles. The summed E-state index contributed by atoms with van der Waals surface area (Å²) in [7, 11) is -3.13. The molecule has 0 aliphatic rings. The van der Waals surface area contributed by atoms with Crippen molar-refractivity contribution in [3.05, 3.63) is 0 Å². The van der Waals surface area contributed by atoms with Crippen molar-refractivity contribution in [1.29, 1.82) is 0 Å². The second-order valence-electron chi connectivity index (χ2n) is 0.283. The molecular formula is H6AgAlNaO3Si. The fourth-order valence-corrected chi connectivity index (χ4v) is 0. The summed E-state index contributed by atoms with van der Waals surface area (Å²) in [5.41, 5.74) is 0. The van der Waals surface area contributed by atoms with Gasteiger partial charge in [-0.3, -0.25) is 4.46 Å². The van der Waals surface area contributed by atoms with Crippen LogP contribution in [0, 0.1) is 0 Å². The van der Waals surface area contributed by atoms with E-state index in [1.807, 2.05) is 0 Å². The standard InChI is InChI=1S/Ag.Al.Na.H2O3Si.4H/c;;;1-4(2)3;;;;/h;;;1-2H;;;;/q;;+1;;;;;-1. The summed E-state index contributed by atoms with van der Waals surface area (Å²) in [5.74, 6) is 0. The molecule has 0 fully saturated rings. The van der Waals surface area contributed by atoms with Crippen molar-refractivity contribution < 1.29 is 67.4 Å². The van der Waals surface area contributed by atoms with Crippen LogP contribution >= 0.6 is 0 Å². The Morgan fingerprint density at radius 1 is 1.43 bits per heavy atom. The SMILES string of the molecule is O=[Si](O)O.[Ag].[AlH3].[H-].[Na+]. The van der Waals surface area contributed by atoms with E-state index < -0.39 is 9.17 Å². The van der Waals surface area contributed by atoms with Crippen molar-refractivity contribution >= 4 is 26.5 Å². The minimum atomic E-state index is -3.13. The van der Waals surface area contributed by atoms with Gasteiger partial charge in [0, 0.05) is 22.4 Å². The molecule has 0 spiro atoms. The Morgan fingerprint density at radius 3 is 1.43 bits per heavy atom. The third-order valence-electron chi connectivity index (χ3n) is 0. The molecule has 2 N–H and O–H groups in total. The Labute approximate surface area is 92.8 Å². The molecule has 0 rings (SSSR count). The van der Waals surface area contributed by atoms with Gasteiger partial charge in [0.1, 0.15) is 0 Å². The summed E-state index contributed by atoms with van der Waals surface area (Å²) < 4.78 is 8.74. The first-order chi connectivity index (χ1) is 1.73. The molecule has 7 heteroatoms. The maximum Gasteiger partial charge on any atom is 1.00 e. The van der Waals surface area contributed by atoms with E-state index in [0.29, 0.717) is 0 Å². The first kappa shape index (κ1) is 23.1. The first-order valence-corrected chi connectivity index (χ1v) is 1.95. The van der Waals surface area contributed by atoms with Crippen molar-refractivity contribution in [3.8, 4) is 0 Å². The number of hydrogen-bond acceptors (Lipinski definition) is 1. The fraction of sp³-hybridized carbons (Fsp3) is 0. The van der Waals surface area contributed by atoms with Crippen LogP contribution in [0.4, 0.5) is 0 Å². The van der Waals surface area contributed by atoms with E-state index in [1.54, 1.807) is 0 Å². The van der Waals surface area contributed by atoms with Gasteiger partial charge < -0.3 is 11.0 Å². The Morgan fingerprint density at radius 2 is 1.43 bits per heavy atom. The van der Waals surface area contributed by atoms with Crippen LogP contribution in [0.3, 0.4) is 0 Å². The predicted molar refractivity (Wildman–Crippen MR) is 21.9 cm³/mol. The first-order valence-electron chi connectivity index (χ1n) is 0.651. The van der Waals surface area contributed by atoms with E-state index >= 15 is 0 Å². The van der Waals surface area contributed by atoms with Crippen molar-refractivity contribution in [3.63, 3.8) is 0 Å². The molecule has 0 saturated carbocycles. The zero-order chi connectivity index (χ0) is 3.58. The van der Waals surface area contributed by atoms with Crippen LogP contribution in [0.2, 0.25) is 0 Å². The van der Waals surface area contributed by atoms with Gasteiger partial charge in [-0.15, -0.1) is 0 Å². The van der Waals surface area contributed by atoms with Gasteiger partial charge in [-0.2, -0.15) is 0 Å². The number of hydrogen-bond donors (Lipinski definition) is 2. The van der Waals surface area contributed by atoms with Crippen LogP contribution in [0.1, 0.15) is 1.43 Å². The van der Waals surface area contributed by atoms with Crippen molar-refractivity contribution in [1.82, 2.24) is 0 Å².